The molecule has 0 saturated heterocycles. The maximum absolute atomic E-state index is 11.1. The van der Waals surface area contributed by atoms with Crippen LogP contribution in [-0.4, -0.2) is 25.1 Å². The first-order chi connectivity index (χ1) is 7.96. The van der Waals surface area contributed by atoms with Crippen LogP contribution in [-0.2, 0) is 16.4 Å². The van der Waals surface area contributed by atoms with Crippen molar-refractivity contribution in [2.24, 2.45) is 0 Å². The van der Waals surface area contributed by atoms with Crippen LogP contribution in [0.1, 0.15) is 5.56 Å². The molecule has 0 fully saturated rings. The van der Waals surface area contributed by atoms with Crippen LogP contribution in [0.4, 0.5) is 5.00 Å². The number of rotatable bonds is 4. The summed E-state index contributed by atoms with van der Waals surface area (Å²) in [6.45, 7) is 0.425. The molecule has 0 spiro atoms. The van der Waals surface area contributed by atoms with Gasteiger partial charge in [-0.25, -0.2) is 8.42 Å². The van der Waals surface area contributed by atoms with Gasteiger partial charge in [-0.3, -0.25) is 10.1 Å². The number of hydrogen-bond donors (Lipinski definition) is 1. The molecule has 92 valence electrons. The zero-order valence-electron chi connectivity index (χ0n) is 8.70. The second kappa shape index (κ2) is 4.55. The van der Waals surface area contributed by atoms with Crippen molar-refractivity contribution in [3.05, 3.63) is 38.6 Å². The summed E-state index contributed by atoms with van der Waals surface area (Å²) in [5.74, 6) is 0.0548. The molecule has 2 rings (SSSR count). The third kappa shape index (κ3) is 3.11. The van der Waals surface area contributed by atoms with Gasteiger partial charge in [-0.15, -0.1) is 0 Å². The van der Waals surface area contributed by atoms with Crippen molar-refractivity contribution in [1.29, 1.82) is 0 Å². The summed E-state index contributed by atoms with van der Waals surface area (Å²) >= 11 is 1.06. The fraction of sp³-hybridized carbons (Fsp3) is 0.333. The van der Waals surface area contributed by atoms with E-state index >= 15 is 0 Å². The van der Waals surface area contributed by atoms with Gasteiger partial charge in [0.25, 0.3) is 0 Å². The van der Waals surface area contributed by atoms with E-state index in [-0.39, 0.29) is 16.8 Å². The minimum Gasteiger partial charge on any atom is -0.305 e. The van der Waals surface area contributed by atoms with Crippen LogP contribution >= 0.6 is 11.3 Å². The second-order valence-electron chi connectivity index (χ2n) is 3.70. The number of nitro groups is 1. The number of hydrogen-bond acceptors (Lipinski definition) is 6. The first kappa shape index (κ1) is 12.2. The number of nitrogens with zero attached hydrogens (tertiary/aromatic N) is 1. The highest BCUT2D eigenvalue weighted by Gasteiger charge is 2.21. The van der Waals surface area contributed by atoms with Crippen molar-refractivity contribution in [3.63, 3.8) is 0 Å². The Bertz CT molecular complexity index is 561. The maximum Gasteiger partial charge on any atom is 0.324 e. The Kier molecular flexibility index (Phi) is 3.27. The fourth-order valence-corrected chi connectivity index (χ4v) is 3.50. The van der Waals surface area contributed by atoms with Gasteiger partial charge in [-0.2, -0.15) is 0 Å². The summed E-state index contributed by atoms with van der Waals surface area (Å²) in [6.07, 6.45) is 1.59. The average Bonchev–Trinajstić information content (AvgIpc) is 2.81. The summed E-state index contributed by atoms with van der Waals surface area (Å²) in [6, 6.07) is 1.28. The molecule has 2 heterocycles. The number of thiophene rings is 1. The SMILES string of the molecule is O=[N+]([O-])c1cc(CNC2C=CS(=O)(=O)C2)cs1. The predicted molar refractivity (Wildman–Crippen MR) is 64.5 cm³/mol. The molecule has 1 aliphatic heterocycles. The van der Waals surface area contributed by atoms with Gasteiger partial charge in [-0.05, 0) is 5.56 Å². The second-order valence-corrected chi connectivity index (χ2v) is 6.52. The molecule has 0 aliphatic carbocycles. The Labute approximate surface area is 102 Å². The molecule has 1 aliphatic rings. The van der Waals surface area contributed by atoms with Crippen molar-refractivity contribution in [2.75, 3.05) is 5.75 Å². The van der Waals surface area contributed by atoms with Crippen LogP contribution in [0.3, 0.4) is 0 Å². The van der Waals surface area contributed by atoms with Gasteiger partial charge in [0.2, 0.25) is 0 Å². The lowest BCUT2D eigenvalue weighted by Gasteiger charge is -2.07. The predicted octanol–water partition coefficient (Wildman–Crippen LogP) is 1.06. The third-order valence-electron chi connectivity index (χ3n) is 2.32. The van der Waals surface area contributed by atoms with Gasteiger partial charge in [0.1, 0.15) is 0 Å². The number of sulfone groups is 1. The molecule has 0 radical (unpaired) electrons. The molecule has 1 aromatic rings. The van der Waals surface area contributed by atoms with Crippen LogP contribution in [0.2, 0.25) is 0 Å². The zero-order valence-corrected chi connectivity index (χ0v) is 10.3. The van der Waals surface area contributed by atoms with E-state index in [0.29, 0.717) is 6.54 Å². The summed E-state index contributed by atoms with van der Waals surface area (Å²) in [4.78, 5) is 10.0. The highest BCUT2D eigenvalue weighted by Crippen LogP contribution is 2.22. The van der Waals surface area contributed by atoms with Crippen LogP contribution in [0, 0.1) is 10.1 Å². The van der Waals surface area contributed by atoms with Gasteiger partial charge in [-0.1, -0.05) is 17.4 Å². The first-order valence-electron chi connectivity index (χ1n) is 4.82. The van der Waals surface area contributed by atoms with E-state index in [1.54, 1.807) is 11.5 Å². The monoisotopic (exact) mass is 274 g/mol. The molecule has 6 nitrogen and oxygen atoms in total. The maximum atomic E-state index is 11.1. The van der Waals surface area contributed by atoms with Gasteiger partial charge < -0.3 is 5.32 Å². The molecule has 17 heavy (non-hydrogen) atoms. The Morgan fingerprint density at radius 2 is 2.35 bits per heavy atom. The molecular formula is C9H10N2O4S2. The van der Waals surface area contributed by atoms with Crippen molar-refractivity contribution in [2.45, 2.75) is 12.6 Å². The van der Waals surface area contributed by atoms with Crippen molar-refractivity contribution in [3.8, 4) is 0 Å². The smallest absolute Gasteiger partial charge is 0.305 e. The van der Waals surface area contributed by atoms with E-state index in [0.717, 1.165) is 16.9 Å². The number of nitrogens with one attached hydrogen (secondary N) is 1. The lowest BCUT2D eigenvalue weighted by Crippen LogP contribution is -2.29. The summed E-state index contributed by atoms with van der Waals surface area (Å²) in [5, 5.41) is 16.5. The molecule has 1 unspecified atom stereocenters. The quantitative estimate of drug-likeness (QED) is 0.655. The highest BCUT2D eigenvalue weighted by atomic mass is 32.2. The van der Waals surface area contributed by atoms with Gasteiger partial charge >= 0.3 is 5.00 Å². The molecule has 0 amide bonds. The lowest BCUT2D eigenvalue weighted by molar-refractivity contribution is -0.380. The molecular weight excluding hydrogens is 264 g/mol. The molecule has 0 bridgehead atoms. The van der Waals surface area contributed by atoms with Crippen molar-refractivity contribution in [1.82, 2.24) is 5.32 Å². The summed E-state index contributed by atoms with van der Waals surface area (Å²) in [5.41, 5.74) is 0.791. The largest absolute Gasteiger partial charge is 0.324 e. The molecule has 1 aromatic heterocycles. The minimum absolute atomic E-state index is 0.0548. The van der Waals surface area contributed by atoms with Crippen molar-refractivity contribution < 1.29 is 13.3 Å². The molecule has 1 N–H and O–H groups in total. The Hall–Kier alpha value is -1.25. The van der Waals surface area contributed by atoms with E-state index in [1.165, 1.54) is 11.5 Å². The standard InChI is InChI=1S/C9H10N2O4S2/c12-11(13)9-3-7(5-16-9)4-10-8-1-2-17(14,15)6-8/h1-3,5,8,10H,4,6H2. The molecule has 8 heteroatoms. The van der Waals surface area contributed by atoms with Crippen LogP contribution < -0.4 is 5.32 Å². The lowest BCUT2D eigenvalue weighted by atomic mass is 10.3. The topological polar surface area (TPSA) is 89.3 Å². The van der Waals surface area contributed by atoms with Crippen LogP contribution in [0.15, 0.2) is 22.9 Å². The Balaban J connectivity index is 1.91. The van der Waals surface area contributed by atoms with Crippen LogP contribution in [0.5, 0.6) is 0 Å². The van der Waals surface area contributed by atoms with Crippen LogP contribution in [0.25, 0.3) is 0 Å². The fourth-order valence-electron chi connectivity index (χ4n) is 1.50. The normalized spacial score (nSPS) is 21.8. The van der Waals surface area contributed by atoms with E-state index in [4.69, 9.17) is 0 Å². The van der Waals surface area contributed by atoms with E-state index in [1.807, 2.05) is 0 Å². The third-order valence-corrected chi connectivity index (χ3v) is 4.64. The van der Waals surface area contributed by atoms with E-state index in [9.17, 15) is 18.5 Å². The minimum atomic E-state index is -3.06. The van der Waals surface area contributed by atoms with Gasteiger partial charge in [0.05, 0.1) is 10.7 Å². The average molecular weight is 274 g/mol. The van der Waals surface area contributed by atoms with E-state index in [2.05, 4.69) is 5.32 Å². The zero-order chi connectivity index (χ0) is 12.5. The Morgan fingerprint density at radius 3 is 2.88 bits per heavy atom. The Morgan fingerprint density at radius 1 is 1.59 bits per heavy atom. The van der Waals surface area contributed by atoms with Gasteiger partial charge in [0.15, 0.2) is 9.84 Å². The molecule has 1 atom stereocenters. The first-order valence-corrected chi connectivity index (χ1v) is 7.42. The summed E-state index contributed by atoms with van der Waals surface area (Å²) in [7, 11) is -3.06. The van der Waals surface area contributed by atoms with Crippen molar-refractivity contribution >= 4 is 26.2 Å². The van der Waals surface area contributed by atoms with Gasteiger partial charge in [0, 0.05) is 29.4 Å². The highest BCUT2D eigenvalue weighted by molar-refractivity contribution is 7.94. The molecule has 0 aromatic carbocycles. The van der Waals surface area contributed by atoms with E-state index < -0.39 is 14.8 Å². The molecule has 0 saturated carbocycles. The summed E-state index contributed by atoms with van der Waals surface area (Å²) < 4.78 is 22.3.